The van der Waals surface area contributed by atoms with Gasteiger partial charge in [0.2, 0.25) is 11.8 Å². The van der Waals surface area contributed by atoms with Gasteiger partial charge in [-0.15, -0.1) is 0 Å². The molecule has 0 aliphatic carbocycles. The van der Waals surface area contributed by atoms with Crippen LogP contribution in [0.5, 0.6) is 0 Å². The van der Waals surface area contributed by atoms with Gasteiger partial charge in [0.25, 0.3) is 0 Å². The number of likely N-dealkylation sites (tertiary alicyclic amines) is 1. The van der Waals surface area contributed by atoms with Gasteiger partial charge in [0.1, 0.15) is 5.82 Å². The van der Waals surface area contributed by atoms with E-state index in [4.69, 9.17) is 4.74 Å². The fourth-order valence-corrected chi connectivity index (χ4v) is 3.15. The van der Waals surface area contributed by atoms with Crippen LogP contribution in [0.4, 0.5) is 4.39 Å². The second-order valence-electron chi connectivity index (χ2n) is 6.75. The number of hydrogen-bond acceptors (Lipinski definition) is 4. The highest BCUT2D eigenvalue weighted by atomic mass is 19.1. The summed E-state index contributed by atoms with van der Waals surface area (Å²) in [7, 11) is 1.58. The van der Waals surface area contributed by atoms with Crippen LogP contribution < -0.4 is 0 Å². The Morgan fingerprint density at radius 2 is 1.89 bits per heavy atom. The average molecular weight is 378 g/mol. The number of aryl methyl sites for hydroxylation is 1. The lowest BCUT2D eigenvalue weighted by Crippen LogP contribution is -2.45. The van der Waals surface area contributed by atoms with Crippen molar-refractivity contribution in [3.8, 4) is 0 Å². The van der Waals surface area contributed by atoms with Gasteiger partial charge < -0.3 is 14.5 Å². The zero-order valence-corrected chi connectivity index (χ0v) is 15.9. The van der Waals surface area contributed by atoms with Gasteiger partial charge in [0.15, 0.2) is 0 Å². The highest BCUT2D eigenvalue weighted by Gasteiger charge is 2.28. The Balaban J connectivity index is 1.76. The van der Waals surface area contributed by atoms with Crippen LogP contribution in [0.25, 0.3) is 0 Å². The topological polar surface area (TPSA) is 66.9 Å². The molecule has 6 nitrogen and oxygen atoms in total. The Hall–Kier alpha value is -2.44. The molecule has 1 aromatic carbocycles. The van der Waals surface area contributed by atoms with Crippen LogP contribution in [0, 0.1) is 11.7 Å². The maximum Gasteiger partial charge on any atom is 0.309 e. The quantitative estimate of drug-likeness (QED) is 0.681. The van der Waals surface area contributed by atoms with E-state index in [1.165, 1.54) is 11.0 Å². The standard InChI is InChI=1S/C20H27FN2O4/c1-3-27-20(26)16-10-12-23(13-11-16)19(25)14-22(2)18(24)9-8-15-6-4-5-7-17(15)21/h4-7,16H,3,8-14H2,1-2H3. The van der Waals surface area contributed by atoms with Gasteiger partial charge in [-0.05, 0) is 37.8 Å². The molecule has 2 amide bonds. The van der Waals surface area contributed by atoms with E-state index in [1.807, 2.05) is 0 Å². The monoisotopic (exact) mass is 378 g/mol. The number of esters is 1. The van der Waals surface area contributed by atoms with Crippen LogP contribution >= 0.6 is 0 Å². The lowest BCUT2D eigenvalue weighted by atomic mass is 9.97. The summed E-state index contributed by atoms with van der Waals surface area (Å²) in [6, 6.07) is 6.36. The minimum absolute atomic E-state index is 0.0137. The molecule has 1 heterocycles. The van der Waals surface area contributed by atoms with E-state index in [9.17, 15) is 18.8 Å². The van der Waals surface area contributed by atoms with E-state index in [2.05, 4.69) is 0 Å². The first-order chi connectivity index (χ1) is 12.9. The van der Waals surface area contributed by atoms with Crippen LogP contribution in [0.3, 0.4) is 0 Å². The fourth-order valence-electron chi connectivity index (χ4n) is 3.15. The van der Waals surface area contributed by atoms with Crippen molar-refractivity contribution in [3.63, 3.8) is 0 Å². The normalized spacial score (nSPS) is 14.7. The van der Waals surface area contributed by atoms with Crippen molar-refractivity contribution < 1.29 is 23.5 Å². The first kappa shape index (κ1) is 20.9. The van der Waals surface area contributed by atoms with Crippen LogP contribution in [-0.2, 0) is 25.5 Å². The number of carbonyl (C=O) groups is 3. The lowest BCUT2D eigenvalue weighted by Gasteiger charge is -2.32. The maximum absolute atomic E-state index is 13.6. The van der Waals surface area contributed by atoms with E-state index < -0.39 is 0 Å². The van der Waals surface area contributed by atoms with Crippen molar-refractivity contribution in [1.82, 2.24) is 9.80 Å². The fraction of sp³-hybridized carbons (Fsp3) is 0.550. The number of piperidine rings is 1. The van der Waals surface area contributed by atoms with Crippen LogP contribution in [-0.4, -0.2) is 60.9 Å². The van der Waals surface area contributed by atoms with Gasteiger partial charge in [0, 0.05) is 26.6 Å². The molecule has 0 radical (unpaired) electrons. The Kier molecular flexibility index (Phi) is 7.76. The molecule has 1 aromatic rings. The minimum atomic E-state index is -0.325. The summed E-state index contributed by atoms with van der Waals surface area (Å²) in [6.07, 6.45) is 1.61. The average Bonchev–Trinajstić information content (AvgIpc) is 2.67. The van der Waals surface area contributed by atoms with Gasteiger partial charge in [-0.3, -0.25) is 14.4 Å². The molecule has 1 aliphatic heterocycles. The second-order valence-corrected chi connectivity index (χ2v) is 6.75. The number of nitrogens with zero attached hydrogens (tertiary/aromatic N) is 2. The third-order valence-electron chi connectivity index (χ3n) is 4.83. The van der Waals surface area contributed by atoms with Crippen molar-refractivity contribution >= 4 is 17.8 Å². The summed E-state index contributed by atoms with van der Waals surface area (Å²) < 4.78 is 18.6. The minimum Gasteiger partial charge on any atom is -0.466 e. The molecule has 0 bridgehead atoms. The largest absolute Gasteiger partial charge is 0.466 e. The summed E-state index contributed by atoms with van der Waals surface area (Å²) in [5.74, 6) is -1.03. The molecule has 148 valence electrons. The summed E-state index contributed by atoms with van der Waals surface area (Å²) >= 11 is 0. The number of carbonyl (C=O) groups excluding carboxylic acids is 3. The van der Waals surface area contributed by atoms with E-state index in [1.54, 1.807) is 37.1 Å². The van der Waals surface area contributed by atoms with Crippen LogP contribution in [0.1, 0.15) is 31.7 Å². The molecule has 0 spiro atoms. The van der Waals surface area contributed by atoms with Gasteiger partial charge >= 0.3 is 5.97 Å². The SMILES string of the molecule is CCOC(=O)C1CCN(C(=O)CN(C)C(=O)CCc2ccccc2F)CC1. The lowest BCUT2D eigenvalue weighted by molar-refractivity contribution is -0.151. The Morgan fingerprint density at radius 3 is 2.52 bits per heavy atom. The number of hydrogen-bond donors (Lipinski definition) is 0. The van der Waals surface area contributed by atoms with E-state index in [-0.39, 0.29) is 42.5 Å². The molecule has 0 saturated carbocycles. The van der Waals surface area contributed by atoms with Crippen molar-refractivity contribution in [2.75, 3.05) is 33.3 Å². The molecule has 1 fully saturated rings. The number of halogens is 1. The number of likely N-dealkylation sites (N-methyl/N-ethyl adjacent to an activating group) is 1. The third kappa shape index (κ3) is 6.05. The molecule has 27 heavy (non-hydrogen) atoms. The number of ether oxygens (including phenoxy) is 1. The van der Waals surface area contributed by atoms with Gasteiger partial charge in [-0.1, -0.05) is 18.2 Å². The molecule has 1 saturated heterocycles. The molecule has 0 unspecified atom stereocenters. The third-order valence-corrected chi connectivity index (χ3v) is 4.83. The molecule has 0 aromatic heterocycles. The summed E-state index contributed by atoms with van der Waals surface area (Å²) in [4.78, 5) is 39.4. The molecule has 2 rings (SSSR count). The predicted octanol–water partition coefficient (Wildman–Crippen LogP) is 2.02. The van der Waals surface area contributed by atoms with E-state index in [0.717, 1.165) is 0 Å². The smallest absolute Gasteiger partial charge is 0.309 e. The first-order valence-corrected chi connectivity index (χ1v) is 9.34. The van der Waals surface area contributed by atoms with E-state index in [0.29, 0.717) is 44.5 Å². The number of amides is 2. The molecule has 0 atom stereocenters. The van der Waals surface area contributed by atoms with Gasteiger partial charge in [0.05, 0.1) is 19.1 Å². The Labute approximate surface area is 159 Å². The van der Waals surface area contributed by atoms with Gasteiger partial charge in [-0.2, -0.15) is 0 Å². The highest BCUT2D eigenvalue weighted by molar-refractivity contribution is 5.85. The highest BCUT2D eigenvalue weighted by Crippen LogP contribution is 2.19. The van der Waals surface area contributed by atoms with Crippen LogP contribution in [0.2, 0.25) is 0 Å². The molecular formula is C20H27FN2O4. The zero-order chi connectivity index (χ0) is 19.8. The Morgan fingerprint density at radius 1 is 1.22 bits per heavy atom. The van der Waals surface area contributed by atoms with Crippen molar-refractivity contribution in [2.24, 2.45) is 5.92 Å². The number of benzene rings is 1. The van der Waals surface area contributed by atoms with Crippen molar-refractivity contribution in [1.29, 1.82) is 0 Å². The molecule has 7 heteroatoms. The summed E-state index contributed by atoms with van der Waals surface area (Å²) in [5, 5.41) is 0. The first-order valence-electron chi connectivity index (χ1n) is 9.34. The van der Waals surface area contributed by atoms with Crippen molar-refractivity contribution in [2.45, 2.75) is 32.6 Å². The summed E-state index contributed by atoms with van der Waals surface area (Å²) in [5.41, 5.74) is 0.492. The van der Waals surface area contributed by atoms with E-state index >= 15 is 0 Å². The maximum atomic E-state index is 13.6. The van der Waals surface area contributed by atoms with Gasteiger partial charge in [-0.25, -0.2) is 4.39 Å². The molecular weight excluding hydrogens is 351 g/mol. The Bertz CT molecular complexity index is 672. The van der Waals surface area contributed by atoms with Crippen molar-refractivity contribution in [3.05, 3.63) is 35.6 Å². The summed E-state index contributed by atoms with van der Waals surface area (Å²) in [6.45, 7) is 3.09. The van der Waals surface area contributed by atoms with Crippen LogP contribution in [0.15, 0.2) is 24.3 Å². The molecule has 1 aliphatic rings. The number of rotatable bonds is 7. The predicted molar refractivity (Wildman–Crippen MR) is 98.3 cm³/mol. The molecule has 0 N–H and O–H groups in total. The zero-order valence-electron chi connectivity index (χ0n) is 15.9. The second kappa shape index (κ2) is 10.0.